The summed E-state index contributed by atoms with van der Waals surface area (Å²) in [5.74, 6) is 0.657. The zero-order valence-corrected chi connectivity index (χ0v) is 11.4. The summed E-state index contributed by atoms with van der Waals surface area (Å²) < 4.78 is 5.47. The molecule has 0 unspecified atom stereocenters. The number of aliphatic hydroxyl groups excluding tert-OH is 1. The number of rotatable bonds is 6. The lowest BCUT2D eigenvalue weighted by molar-refractivity contribution is -0.130. The highest BCUT2D eigenvalue weighted by molar-refractivity contribution is 6.31. The minimum absolute atomic E-state index is 0.0283. The standard InChI is InChI=1S/C13H18ClNO3/c1-10-9-11(3-4-12(10)14)18-8-5-13(17)15(2)6-7-16/h3-4,9,16H,5-8H2,1-2H3. The fraction of sp³-hybridized carbons (Fsp3) is 0.462. The van der Waals surface area contributed by atoms with Gasteiger partial charge < -0.3 is 14.7 Å². The van der Waals surface area contributed by atoms with Crippen LogP contribution in [0.3, 0.4) is 0 Å². The Bertz CT molecular complexity index is 409. The molecule has 0 saturated carbocycles. The van der Waals surface area contributed by atoms with Crippen LogP contribution in [-0.4, -0.2) is 42.7 Å². The second-order valence-corrected chi connectivity index (χ2v) is 4.46. The molecule has 0 atom stereocenters. The van der Waals surface area contributed by atoms with Gasteiger partial charge in [-0.15, -0.1) is 0 Å². The summed E-state index contributed by atoms with van der Waals surface area (Å²) in [6, 6.07) is 5.38. The summed E-state index contributed by atoms with van der Waals surface area (Å²) in [6.07, 6.45) is 0.290. The van der Waals surface area contributed by atoms with E-state index >= 15 is 0 Å². The fourth-order valence-corrected chi connectivity index (χ4v) is 1.55. The summed E-state index contributed by atoms with van der Waals surface area (Å²) in [5.41, 5.74) is 0.942. The molecular formula is C13H18ClNO3. The molecule has 0 radical (unpaired) electrons. The van der Waals surface area contributed by atoms with Crippen molar-refractivity contribution in [3.05, 3.63) is 28.8 Å². The predicted octanol–water partition coefficient (Wildman–Crippen LogP) is 1.87. The van der Waals surface area contributed by atoms with E-state index in [2.05, 4.69) is 0 Å². The molecule has 100 valence electrons. The van der Waals surface area contributed by atoms with Crippen LogP contribution >= 0.6 is 11.6 Å². The van der Waals surface area contributed by atoms with Crippen molar-refractivity contribution in [2.24, 2.45) is 0 Å². The number of carbonyl (C=O) groups is 1. The third kappa shape index (κ3) is 4.55. The molecular weight excluding hydrogens is 254 g/mol. The van der Waals surface area contributed by atoms with Gasteiger partial charge in [-0.2, -0.15) is 0 Å². The maximum absolute atomic E-state index is 11.6. The highest BCUT2D eigenvalue weighted by Crippen LogP contribution is 2.21. The van der Waals surface area contributed by atoms with Crippen LogP contribution in [-0.2, 0) is 4.79 Å². The van der Waals surface area contributed by atoms with Gasteiger partial charge in [-0.25, -0.2) is 0 Å². The van der Waals surface area contributed by atoms with Gasteiger partial charge in [-0.3, -0.25) is 4.79 Å². The van der Waals surface area contributed by atoms with Crippen LogP contribution in [0, 0.1) is 6.92 Å². The van der Waals surface area contributed by atoms with Gasteiger partial charge in [0.15, 0.2) is 0 Å². The SMILES string of the molecule is Cc1cc(OCCC(=O)N(C)CCO)ccc1Cl. The van der Waals surface area contributed by atoms with Crippen LogP contribution in [0.5, 0.6) is 5.75 Å². The largest absolute Gasteiger partial charge is 0.493 e. The lowest BCUT2D eigenvalue weighted by Gasteiger charge is -2.15. The van der Waals surface area contributed by atoms with E-state index in [4.69, 9.17) is 21.4 Å². The number of benzene rings is 1. The van der Waals surface area contributed by atoms with E-state index in [0.29, 0.717) is 23.9 Å². The Labute approximate surface area is 112 Å². The molecule has 1 amide bonds. The van der Waals surface area contributed by atoms with Crippen molar-refractivity contribution in [2.45, 2.75) is 13.3 Å². The number of hydrogen-bond acceptors (Lipinski definition) is 3. The first-order chi connectivity index (χ1) is 8.54. The van der Waals surface area contributed by atoms with Crippen LogP contribution < -0.4 is 4.74 Å². The monoisotopic (exact) mass is 271 g/mol. The average molecular weight is 272 g/mol. The molecule has 1 aromatic carbocycles. The van der Waals surface area contributed by atoms with Gasteiger partial charge in [0.2, 0.25) is 5.91 Å². The number of amides is 1. The summed E-state index contributed by atoms with van der Waals surface area (Å²) in [4.78, 5) is 13.0. The maximum Gasteiger partial charge on any atom is 0.225 e. The number of halogens is 1. The summed E-state index contributed by atoms with van der Waals surface area (Å²) in [5, 5.41) is 9.40. The number of nitrogens with zero attached hydrogens (tertiary/aromatic N) is 1. The molecule has 0 aromatic heterocycles. The maximum atomic E-state index is 11.6. The van der Waals surface area contributed by atoms with E-state index in [9.17, 15) is 4.79 Å². The van der Waals surface area contributed by atoms with Crippen LogP contribution in [0.2, 0.25) is 5.02 Å². The Morgan fingerprint density at radius 3 is 2.83 bits per heavy atom. The van der Waals surface area contributed by atoms with Gasteiger partial charge in [0.25, 0.3) is 0 Å². The van der Waals surface area contributed by atoms with Crippen LogP contribution in [0.1, 0.15) is 12.0 Å². The Kier molecular flexibility index (Phi) is 5.95. The Morgan fingerprint density at radius 2 is 2.22 bits per heavy atom. The number of hydrogen-bond donors (Lipinski definition) is 1. The third-order valence-electron chi connectivity index (χ3n) is 2.58. The van der Waals surface area contributed by atoms with Crippen molar-refractivity contribution in [1.82, 2.24) is 4.90 Å². The first-order valence-electron chi connectivity index (χ1n) is 5.78. The second kappa shape index (κ2) is 7.24. The van der Waals surface area contributed by atoms with Gasteiger partial charge in [-0.05, 0) is 30.7 Å². The van der Waals surface area contributed by atoms with Crippen LogP contribution in [0.15, 0.2) is 18.2 Å². The van der Waals surface area contributed by atoms with Gasteiger partial charge in [0.1, 0.15) is 5.75 Å². The van der Waals surface area contributed by atoms with E-state index in [1.807, 2.05) is 13.0 Å². The lowest BCUT2D eigenvalue weighted by Crippen LogP contribution is -2.30. The molecule has 4 nitrogen and oxygen atoms in total. The molecule has 0 spiro atoms. The average Bonchev–Trinajstić information content (AvgIpc) is 2.34. The molecule has 18 heavy (non-hydrogen) atoms. The Morgan fingerprint density at radius 1 is 1.50 bits per heavy atom. The first kappa shape index (κ1) is 14.8. The van der Waals surface area contributed by atoms with E-state index in [1.54, 1.807) is 19.2 Å². The summed E-state index contributed by atoms with van der Waals surface area (Å²) >= 11 is 5.90. The molecule has 0 fully saturated rings. The number of carbonyl (C=O) groups excluding carboxylic acids is 1. The van der Waals surface area contributed by atoms with Crippen LogP contribution in [0.25, 0.3) is 0 Å². The quantitative estimate of drug-likeness (QED) is 0.859. The number of ether oxygens (including phenoxy) is 1. The number of likely N-dealkylation sites (N-methyl/N-ethyl adjacent to an activating group) is 1. The highest BCUT2D eigenvalue weighted by Gasteiger charge is 2.08. The highest BCUT2D eigenvalue weighted by atomic mass is 35.5. The molecule has 0 bridgehead atoms. The normalized spacial score (nSPS) is 10.2. The molecule has 5 heteroatoms. The molecule has 1 N–H and O–H groups in total. The zero-order valence-electron chi connectivity index (χ0n) is 10.6. The van der Waals surface area contributed by atoms with Crippen molar-refractivity contribution in [3.8, 4) is 5.75 Å². The minimum atomic E-state index is -0.0465. The molecule has 0 aliphatic rings. The van der Waals surface area contributed by atoms with E-state index in [1.165, 1.54) is 4.90 Å². The number of aliphatic hydroxyl groups is 1. The van der Waals surface area contributed by atoms with Crippen molar-refractivity contribution >= 4 is 17.5 Å². The Balaban J connectivity index is 2.37. The van der Waals surface area contributed by atoms with Crippen molar-refractivity contribution in [1.29, 1.82) is 0 Å². The first-order valence-corrected chi connectivity index (χ1v) is 6.16. The van der Waals surface area contributed by atoms with Gasteiger partial charge in [0.05, 0.1) is 19.6 Å². The van der Waals surface area contributed by atoms with Gasteiger partial charge in [0, 0.05) is 18.6 Å². The van der Waals surface area contributed by atoms with E-state index < -0.39 is 0 Å². The van der Waals surface area contributed by atoms with Crippen LogP contribution in [0.4, 0.5) is 0 Å². The smallest absolute Gasteiger partial charge is 0.225 e. The molecule has 0 aliphatic heterocycles. The summed E-state index contributed by atoms with van der Waals surface area (Å²) in [6.45, 7) is 2.53. The fourth-order valence-electron chi connectivity index (χ4n) is 1.43. The van der Waals surface area contributed by atoms with E-state index in [0.717, 1.165) is 5.56 Å². The lowest BCUT2D eigenvalue weighted by atomic mass is 10.2. The molecule has 0 heterocycles. The molecule has 0 aliphatic carbocycles. The number of aryl methyl sites for hydroxylation is 1. The third-order valence-corrected chi connectivity index (χ3v) is 3.00. The van der Waals surface area contributed by atoms with Gasteiger partial charge in [-0.1, -0.05) is 11.6 Å². The molecule has 1 aromatic rings. The topological polar surface area (TPSA) is 49.8 Å². The zero-order chi connectivity index (χ0) is 13.5. The van der Waals surface area contributed by atoms with Gasteiger partial charge >= 0.3 is 0 Å². The van der Waals surface area contributed by atoms with E-state index in [-0.39, 0.29) is 18.9 Å². The predicted molar refractivity (Wildman–Crippen MR) is 71.0 cm³/mol. The van der Waals surface area contributed by atoms with Crippen molar-refractivity contribution in [3.63, 3.8) is 0 Å². The Hall–Kier alpha value is -1.26. The molecule has 1 rings (SSSR count). The second-order valence-electron chi connectivity index (χ2n) is 4.05. The minimum Gasteiger partial charge on any atom is -0.493 e. The molecule has 0 saturated heterocycles. The summed E-state index contributed by atoms with van der Waals surface area (Å²) in [7, 11) is 1.66. The van der Waals surface area contributed by atoms with Crippen molar-refractivity contribution < 1.29 is 14.6 Å². The van der Waals surface area contributed by atoms with Crippen molar-refractivity contribution in [2.75, 3.05) is 26.8 Å².